The highest BCUT2D eigenvalue weighted by atomic mass is 31.2. The van der Waals surface area contributed by atoms with Crippen LogP contribution in [0.3, 0.4) is 0 Å². The van der Waals surface area contributed by atoms with Crippen LogP contribution in [0.2, 0.25) is 0 Å². The monoisotopic (exact) mass is 508 g/mol. The third kappa shape index (κ3) is 6.22. The number of nitrogens with zero attached hydrogens (tertiary/aromatic N) is 3. The van der Waals surface area contributed by atoms with Crippen molar-refractivity contribution in [3.05, 3.63) is 83.6 Å². The summed E-state index contributed by atoms with van der Waals surface area (Å²) in [6.45, 7) is -0.556. The van der Waals surface area contributed by atoms with Crippen molar-refractivity contribution in [2.24, 2.45) is 0 Å². The molecule has 0 aliphatic carbocycles. The number of halogens is 3. The minimum atomic E-state index is -4.95. The van der Waals surface area contributed by atoms with Crippen molar-refractivity contribution in [3.63, 3.8) is 0 Å². The van der Waals surface area contributed by atoms with Gasteiger partial charge >= 0.3 is 0 Å². The molecule has 4 aromatic rings. The van der Waals surface area contributed by atoms with Crippen LogP contribution in [-0.4, -0.2) is 15.0 Å². The standard InChI is InChI=1S/C21H16F3N4O6P/c22-13-6-14(23)8-16(7-13)33-21-18(24)5-12(10-26-21)4-15-9-19(34-27-15)17-2-1-3-28(20(17)25)11-32-35(29,30)31/h1-3,5-10,25H,4,11H2,(H2,29,30,31). The first-order chi connectivity index (χ1) is 16.6. The third-order valence-electron chi connectivity index (χ3n) is 4.60. The van der Waals surface area contributed by atoms with Gasteiger partial charge in [0.2, 0.25) is 0 Å². The number of benzene rings is 1. The maximum atomic E-state index is 14.5. The van der Waals surface area contributed by atoms with E-state index in [1.165, 1.54) is 17.0 Å². The van der Waals surface area contributed by atoms with Gasteiger partial charge in [-0.15, -0.1) is 0 Å². The van der Waals surface area contributed by atoms with Gasteiger partial charge < -0.3 is 19.0 Å². The Morgan fingerprint density at radius 2 is 1.91 bits per heavy atom. The average molecular weight is 508 g/mol. The minimum absolute atomic E-state index is 0.0756. The van der Waals surface area contributed by atoms with Crippen LogP contribution in [-0.2, 0) is 22.2 Å². The van der Waals surface area contributed by atoms with Crippen molar-refractivity contribution in [2.75, 3.05) is 5.73 Å². The van der Waals surface area contributed by atoms with Gasteiger partial charge in [-0.25, -0.2) is 22.7 Å². The van der Waals surface area contributed by atoms with E-state index in [0.29, 0.717) is 22.9 Å². The number of pyridine rings is 2. The number of aromatic nitrogens is 3. The van der Waals surface area contributed by atoms with Gasteiger partial charge in [0, 0.05) is 36.9 Å². The van der Waals surface area contributed by atoms with Crippen molar-refractivity contribution in [3.8, 4) is 23.0 Å². The SMILES string of the molecule is Nc1c(-c2cc(Cc3cnc(Oc4cc(F)cc(F)c4)c(F)c3)no2)ccc[n+]1COP(=O)([O-])O. The lowest BCUT2D eigenvalue weighted by molar-refractivity contribution is -0.712. The van der Waals surface area contributed by atoms with Crippen LogP contribution in [0.15, 0.2) is 59.4 Å². The molecule has 0 radical (unpaired) electrons. The van der Waals surface area contributed by atoms with Crippen LogP contribution in [0.4, 0.5) is 19.0 Å². The highest BCUT2D eigenvalue weighted by Gasteiger charge is 2.19. The second-order valence-electron chi connectivity index (χ2n) is 7.20. The summed E-state index contributed by atoms with van der Waals surface area (Å²) in [5.74, 6) is -3.01. The fraction of sp³-hybridized carbons (Fsp3) is 0.0952. The second-order valence-corrected chi connectivity index (χ2v) is 8.40. The van der Waals surface area contributed by atoms with Gasteiger partial charge in [0.05, 0.1) is 11.9 Å². The summed E-state index contributed by atoms with van der Waals surface area (Å²) in [4.78, 5) is 23.4. The molecular formula is C21H16F3N4O6P. The van der Waals surface area contributed by atoms with Crippen LogP contribution in [0.5, 0.6) is 11.6 Å². The Balaban J connectivity index is 1.48. The average Bonchev–Trinajstić information content (AvgIpc) is 3.22. The maximum absolute atomic E-state index is 14.5. The highest BCUT2D eigenvalue weighted by Crippen LogP contribution is 2.31. The quantitative estimate of drug-likeness (QED) is 0.271. The largest absolute Gasteiger partial charge is 0.756 e. The number of nitrogens with two attached hydrogens (primary N) is 1. The Kier molecular flexibility index (Phi) is 6.85. The molecule has 10 nitrogen and oxygen atoms in total. The highest BCUT2D eigenvalue weighted by molar-refractivity contribution is 7.44. The number of hydrogen-bond acceptors (Lipinski definition) is 8. The molecule has 3 N–H and O–H groups in total. The summed E-state index contributed by atoms with van der Waals surface area (Å²) in [7, 11) is -4.95. The molecule has 0 bridgehead atoms. The molecule has 4 rings (SSSR count). The Hall–Kier alpha value is -3.77. The van der Waals surface area contributed by atoms with Crippen molar-refractivity contribution in [1.29, 1.82) is 0 Å². The molecule has 3 heterocycles. The number of phosphoric ester groups is 1. The normalized spacial score (nSPS) is 12.9. The second kappa shape index (κ2) is 9.84. The Bertz CT molecular complexity index is 1410. The van der Waals surface area contributed by atoms with Crippen LogP contribution < -0.4 is 19.9 Å². The number of nitrogen functional groups attached to an aromatic ring is 1. The molecule has 14 heteroatoms. The molecule has 182 valence electrons. The summed E-state index contributed by atoms with van der Waals surface area (Å²) < 4.78 is 67.9. The molecule has 0 fully saturated rings. The lowest BCUT2D eigenvalue weighted by Gasteiger charge is -2.14. The predicted molar refractivity (Wildman–Crippen MR) is 111 cm³/mol. The van der Waals surface area contributed by atoms with E-state index < -0.39 is 37.9 Å². The summed E-state index contributed by atoms with van der Waals surface area (Å²) in [6, 6.07) is 8.25. The van der Waals surface area contributed by atoms with Gasteiger partial charge in [-0.1, -0.05) is 5.16 Å². The molecule has 1 aromatic carbocycles. The summed E-state index contributed by atoms with van der Waals surface area (Å²) in [5, 5.41) is 3.91. The van der Waals surface area contributed by atoms with Crippen molar-refractivity contribution < 1.29 is 45.9 Å². The molecule has 0 aliphatic rings. The van der Waals surface area contributed by atoms with Crippen LogP contribution in [0, 0.1) is 17.5 Å². The van der Waals surface area contributed by atoms with Crippen LogP contribution in [0.1, 0.15) is 11.3 Å². The fourth-order valence-electron chi connectivity index (χ4n) is 3.09. The van der Waals surface area contributed by atoms with E-state index in [-0.39, 0.29) is 23.7 Å². The zero-order chi connectivity index (χ0) is 25.2. The topological polar surface area (TPSA) is 148 Å². The van der Waals surface area contributed by atoms with Gasteiger partial charge in [-0.2, -0.15) is 0 Å². The molecule has 1 atom stereocenters. The van der Waals surface area contributed by atoms with Gasteiger partial charge in [-0.05, 0) is 23.8 Å². The Morgan fingerprint density at radius 3 is 2.60 bits per heavy atom. The van der Waals surface area contributed by atoms with E-state index in [1.54, 1.807) is 18.2 Å². The van der Waals surface area contributed by atoms with E-state index >= 15 is 0 Å². The molecule has 0 spiro atoms. The summed E-state index contributed by atoms with van der Waals surface area (Å²) >= 11 is 0. The van der Waals surface area contributed by atoms with E-state index in [9.17, 15) is 22.6 Å². The molecule has 1 unspecified atom stereocenters. The molecule has 35 heavy (non-hydrogen) atoms. The number of rotatable bonds is 8. The third-order valence-corrected chi connectivity index (χ3v) is 5.04. The van der Waals surface area contributed by atoms with Crippen molar-refractivity contribution in [1.82, 2.24) is 10.1 Å². The van der Waals surface area contributed by atoms with Gasteiger partial charge in [0.15, 0.2) is 18.3 Å². The smallest absolute Gasteiger partial charge is 0.285 e. The van der Waals surface area contributed by atoms with Crippen molar-refractivity contribution >= 4 is 13.6 Å². The molecule has 0 saturated heterocycles. The minimum Gasteiger partial charge on any atom is -0.756 e. The maximum Gasteiger partial charge on any atom is 0.285 e. The number of phosphoric acid groups is 1. The van der Waals surface area contributed by atoms with E-state index in [0.717, 1.165) is 18.2 Å². The first-order valence-electron chi connectivity index (χ1n) is 9.78. The molecule has 0 saturated carbocycles. The van der Waals surface area contributed by atoms with Gasteiger partial charge in [-0.3, -0.25) is 14.8 Å². The number of anilines is 1. The lowest BCUT2D eigenvalue weighted by atomic mass is 10.1. The van der Waals surface area contributed by atoms with E-state index in [1.807, 2.05) is 0 Å². The Morgan fingerprint density at radius 1 is 1.17 bits per heavy atom. The number of hydrogen-bond donors (Lipinski definition) is 2. The van der Waals surface area contributed by atoms with E-state index in [4.69, 9.17) is 19.9 Å². The lowest BCUT2D eigenvalue weighted by Crippen LogP contribution is -2.38. The van der Waals surface area contributed by atoms with E-state index in [2.05, 4.69) is 14.7 Å². The molecule has 0 amide bonds. The fourth-order valence-corrected chi connectivity index (χ4v) is 3.36. The predicted octanol–water partition coefficient (Wildman–Crippen LogP) is 2.84. The summed E-state index contributed by atoms with van der Waals surface area (Å²) in [6.07, 6.45) is 2.85. The van der Waals surface area contributed by atoms with Crippen molar-refractivity contribution in [2.45, 2.75) is 13.2 Å². The first-order valence-corrected chi connectivity index (χ1v) is 11.3. The first kappa shape index (κ1) is 24.4. The number of ether oxygens (including phenoxy) is 1. The molecule has 3 aromatic heterocycles. The van der Waals surface area contributed by atoms with Crippen LogP contribution >= 0.6 is 7.82 Å². The zero-order valence-corrected chi connectivity index (χ0v) is 18.5. The molecular weight excluding hydrogens is 492 g/mol. The Labute approximate surface area is 195 Å². The zero-order valence-electron chi connectivity index (χ0n) is 17.6. The molecule has 0 aliphatic heterocycles. The van der Waals surface area contributed by atoms with Gasteiger partial charge in [0.25, 0.3) is 19.5 Å². The summed E-state index contributed by atoms with van der Waals surface area (Å²) in [5.41, 5.74) is 7.19. The van der Waals surface area contributed by atoms with Gasteiger partial charge in [0.1, 0.15) is 22.9 Å². The van der Waals surface area contributed by atoms with Crippen LogP contribution in [0.25, 0.3) is 11.3 Å².